The number of dihydropyridines is 1. The van der Waals surface area contributed by atoms with E-state index in [0.29, 0.717) is 17.9 Å². The van der Waals surface area contributed by atoms with Gasteiger partial charge in [0.25, 0.3) is 0 Å². The molecule has 5 heteroatoms. The fraction of sp³-hybridized carbons (Fsp3) is 0.500. The van der Waals surface area contributed by atoms with E-state index in [2.05, 4.69) is 26.1 Å². The molecule has 2 rings (SSSR count). The molecule has 0 bridgehead atoms. The summed E-state index contributed by atoms with van der Waals surface area (Å²) >= 11 is 0. The first kappa shape index (κ1) is 21.0. The van der Waals surface area contributed by atoms with Crippen LogP contribution >= 0.6 is 0 Å². The molecular formula is C22H30FNO3. The Morgan fingerprint density at radius 2 is 1.85 bits per heavy atom. The van der Waals surface area contributed by atoms with E-state index >= 15 is 0 Å². The van der Waals surface area contributed by atoms with E-state index < -0.39 is 0 Å². The van der Waals surface area contributed by atoms with Gasteiger partial charge in [-0.3, -0.25) is 0 Å². The van der Waals surface area contributed by atoms with Crippen molar-refractivity contribution in [3.05, 3.63) is 52.1 Å². The third-order valence-corrected chi connectivity index (χ3v) is 4.90. The molecule has 0 spiro atoms. The Morgan fingerprint density at radius 3 is 2.44 bits per heavy atom. The zero-order valence-corrected chi connectivity index (χ0v) is 17.3. The van der Waals surface area contributed by atoms with Crippen LogP contribution in [0.5, 0.6) is 5.75 Å². The number of hydrogen-bond donors (Lipinski definition) is 1. The largest absolute Gasteiger partial charge is 0.496 e. The maximum atomic E-state index is 13.7. The Bertz CT molecular complexity index is 787. The van der Waals surface area contributed by atoms with Crippen molar-refractivity contribution in [3.8, 4) is 5.75 Å². The molecule has 0 aliphatic carbocycles. The number of allylic oxidation sites excluding steroid dienone is 3. The van der Waals surface area contributed by atoms with Crippen LogP contribution in [0.15, 0.2) is 40.7 Å². The summed E-state index contributed by atoms with van der Waals surface area (Å²) in [5.74, 6) is -0.656. The molecule has 0 saturated carbocycles. The highest BCUT2D eigenvalue weighted by atomic mass is 19.1. The average Bonchev–Trinajstić information content (AvgIpc) is 2.56. The smallest absolute Gasteiger partial charge is 0.336 e. The summed E-state index contributed by atoms with van der Waals surface area (Å²) in [6.45, 7) is 12.5. The van der Waals surface area contributed by atoms with Crippen LogP contribution in [-0.2, 0) is 9.53 Å². The fourth-order valence-electron chi connectivity index (χ4n) is 3.21. The Labute approximate surface area is 161 Å². The van der Waals surface area contributed by atoms with E-state index in [1.807, 2.05) is 20.8 Å². The Morgan fingerprint density at radius 1 is 1.19 bits per heavy atom. The zero-order chi connectivity index (χ0) is 20.4. The van der Waals surface area contributed by atoms with E-state index in [9.17, 15) is 9.18 Å². The van der Waals surface area contributed by atoms with Crippen molar-refractivity contribution in [2.24, 2.45) is 5.41 Å². The molecule has 0 radical (unpaired) electrons. The summed E-state index contributed by atoms with van der Waals surface area (Å²) in [6, 6.07) is 4.41. The summed E-state index contributed by atoms with van der Waals surface area (Å²) in [4.78, 5) is 12.9. The van der Waals surface area contributed by atoms with Gasteiger partial charge in [0.2, 0.25) is 0 Å². The van der Waals surface area contributed by atoms with Gasteiger partial charge >= 0.3 is 5.97 Å². The number of carbonyl (C=O) groups is 1. The quantitative estimate of drug-likeness (QED) is 0.730. The molecule has 0 amide bonds. The van der Waals surface area contributed by atoms with Crippen LogP contribution in [0.2, 0.25) is 0 Å². The first-order chi connectivity index (χ1) is 12.5. The van der Waals surface area contributed by atoms with Crippen LogP contribution in [-0.4, -0.2) is 19.7 Å². The molecule has 1 heterocycles. The zero-order valence-electron chi connectivity index (χ0n) is 17.3. The van der Waals surface area contributed by atoms with Crippen molar-refractivity contribution in [3.63, 3.8) is 0 Å². The molecule has 1 aromatic carbocycles. The number of halogens is 1. The molecule has 0 saturated heterocycles. The Hall–Kier alpha value is -2.30. The molecule has 0 fully saturated rings. The Balaban J connectivity index is 2.42. The van der Waals surface area contributed by atoms with Gasteiger partial charge in [0, 0.05) is 28.9 Å². The number of benzene rings is 1. The van der Waals surface area contributed by atoms with Gasteiger partial charge in [-0.2, -0.15) is 0 Å². The molecular weight excluding hydrogens is 345 g/mol. The number of ether oxygens (including phenoxy) is 2. The number of rotatable bonds is 5. The highest BCUT2D eigenvalue weighted by Gasteiger charge is 2.34. The molecule has 1 N–H and O–H groups in total. The van der Waals surface area contributed by atoms with Gasteiger partial charge in [0.15, 0.2) is 0 Å². The molecule has 1 aliphatic rings. The predicted octanol–water partition coefficient (Wildman–Crippen LogP) is 5.07. The lowest BCUT2D eigenvalue weighted by molar-refractivity contribution is -0.140. The summed E-state index contributed by atoms with van der Waals surface area (Å²) in [5, 5.41) is 3.26. The van der Waals surface area contributed by atoms with E-state index in [-0.39, 0.29) is 23.1 Å². The maximum absolute atomic E-state index is 13.7. The second-order valence-electron chi connectivity index (χ2n) is 8.24. The minimum Gasteiger partial charge on any atom is -0.496 e. The molecule has 1 aromatic rings. The third-order valence-electron chi connectivity index (χ3n) is 4.90. The maximum Gasteiger partial charge on any atom is 0.336 e. The minimum absolute atomic E-state index is 0.0838. The number of methoxy groups -OCH3 is 1. The molecule has 27 heavy (non-hydrogen) atoms. The standard InChI is InChI=1S/C22H30FNO3/c1-13-14(2)24-15(3)20(21(25)27-11-10-22(4,5)6)19(13)17-9-8-16(23)12-18(17)26-7/h8-9,12,19,24H,10-11H2,1-7H3. The van der Waals surface area contributed by atoms with E-state index in [0.717, 1.165) is 29.0 Å². The van der Waals surface area contributed by atoms with Crippen molar-refractivity contribution < 1.29 is 18.7 Å². The molecule has 1 atom stereocenters. The molecule has 1 unspecified atom stereocenters. The SMILES string of the molecule is COc1cc(F)ccc1C1C(C)=C(C)NC(C)=C1C(=O)OCCC(C)(C)C. The minimum atomic E-state index is -0.377. The van der Waals surface area contributed by atoms with Crippen molar-refractivity contribution >= 4 is 5.97 Å². The topological polar surface area (TPSA) is 47.6 Å². The van der Waals surface area contributed by atoms with Gasteiger partial charge in [0.05, 0.1) is 19.3 Å². The van der Waals surface area contributed by atoms with Gasteiger partial charge in [-0.25, -0.2) is 9.18 Å². The first-order valence-electron chi connectivity index (χ1n) is 9.21. The third kappa shape index (κ3) is 4.90. The van der Waals surface area contributed by atoms with Crippen molar-refractivity contribution in [2.45, 2.75) is 53.9 Å². The lowest BCUT2D eigenvalue weighted by Gasteiger charge is -2.31. The molecule has 4 nitrogen and oxygen atoms in total. The number of hydrogen-bond acceptors (Lipinski definition) is 4. The molecule has 0 aromatic heterocycles. The van der Waals surface area contributed by atoms with Crippen LogP contribution < -0.4 is 10.1 Å². The van der Waals surface area contributed by atoms with E-state index in [1.54, 1.807) is 6.07 Å². The summed E-state index contributed by atoms with van der Waals surface area (Å²) in [7, 11) is 1.50. The molecule has 148 valence electrons. The lowest BCUT2D eigenvalue weighted by atomic mass is 9.81. The van der Waals surface area contributed by atoms with Gasteiger partial charge in [-0.05, 0) is 44.2 Å². The van der Waals surface area contributed by atoms with Gasteiger partial charge in [0.1, 0.15) is 11.6 Å². The lowest BCUT2D eigenvalue weighted by Crippen LogP contribution is -2.29. The van der Waals surface area contributed by atoms with E-state index in [1.165, 1.54) is 19.2 Å². The van der Waals surface area contributed by atoms with Gasteiger partial charge in [-0.1, -0.05) is 26.8 Å². The summed E-state index contributed by atoms with van der Waals surface area (Å²) in [5.41, 5.74) is 4.07. The van der Waals surface area contributed by atoms with Crippen molar-refractivity contribution in [2.75, 3.05) is 13.7 Å². The predicted molar refractivity (Wildman–Crippen MR) is 105 cm³/mol. The average molecular weight is 375 g/mol. The second-order valence-corrected chi connectivity index (χ2v) is 8.24. The second kappa shape index (κ2) is 8.15. The van der Waals surface area contributed by atoms with Crippen LogP contribution in [0.25, 0.3) is 0 Å². The monoisotopic (exact) mass is 375 g/mol. The Kier molecular flexibility index (Phi) is 6.34. The number of nitrogens with one attached hydrogen (secondary N) is 1. The van der Waals surface area contributed by atoms with E-state index in [4.69, 9.17) is 9.47 Å². The highest BCUT2D eigenvalue weighted by Crippen LogP contribution is 2.42. The van der Waals surface area contributed by atoms with Crippen LogP contribution in [0.3, 0.4) is 0 Å². The normalized spacial score (nSPS) is 17.7. The summed E-state index contributed by atoms with van der Waals surface area (Å²) in [6.07, 6.45) is 0.775. The van der Waals surface area contributed by atoms with Crippen molar-refractivity contribution in [1.82, 2.24) is 5.32 Å². The number of esters is 1. The fourth-order valence-corrected chi connectivity index (χ4v) is 3.21. The first-order valence-corrected chi connectivity index (χ1v) is 9.21. The number of carbonyl (C=O) groups excluding carboxylic acids is 1. The van der Waals surface area contributed by atoms with Crippen LogP contribution in [0, 0.1) is 11.2 Å². The summed E-state index contributed by atoms with van der Waals surface area (Å²) < 4.78 is 24.7. The highest BCUT2D eigenvalue weighted by molar-refractivity contribution is 5.92. The van der Waals surface area contributed by atoms with Crippen LogP contribution in [0.1, 0.15) is 59.4 Å². The molecule has 1 aliphatic heterocycles. The van der Waals surface area contributed by atoms with Gasteiger partial charge < -0.3 is 14.8 Å². The van der Waals surface area contributed by atoms with Gasteiger partial charge in [-0.15, -0.1) is 0 Å². The van der Waals surface area contributed by atoms with Crippen LogP contribution in [0.4, 0.5) is 4.39 Å². The van der Waals surface area contributed by atoms with Crippen molar-refractivity contribution in [1.29, 1.82) is 0 Å².